The number of hydrogen-bond acceptors (Lipinski definition) is 6. The van der Waals surface area contributed by atoms with Crippen LogP contribution in [0.3, 0.4) is 0 Å². The van der Waals surface area contributed by atoms with Crippen LogP contribution in [0.25, 0.3) is 6.08 Å². The molecule has 0 bridgehead atoms. The molecule has 0 saturated heterocycles. The van der Waals surface area contributed by atoms with E-state index in [2.05, 4.69) is 16.0 Å². The first kappa shape index (κ1) is 32.3. The molecule has 3 N–H and O–H groups in total. The molecule has 5 aromatic carbocycles. The molecular weight excluding hydrogens is 619 g/mol. The maximum atomic E-state index is 13.5. The molecule has 0 aliphatic rings. The molecule has 0 saturated carbocycles. The van der Waals surface area contributed by atoms with E-state index in [1.54, 1.807) is 60.7 Å². The van der Waals surface area contributed by atoms with Gasteiger partial charge in [0.1, 0.15) is 16.8 Å². The molecule has 0 aliphatic carbocycles. The van der Waals surface area contributed by atoms with Crippen LogP contribution in [0.5, 0.6) is 0 Å². The van der Waals surface area contributed by atoms with Gasteiger partial charge in [-0.25, -0.2) is 4.39 Å². The fraction of sp³-hybridized carbons (Fsp3) is 0.0278. The number of benzene rings is 5. The normalized spacial score (nSPS) is 11.6. The Morgan fingerprint density at radius 3 is 1.96 bits per heavy atom. The summed E-state index contributed by atoms with van der Waals surface area (Å²) in [4.78, 5) is 51.5. The second-order valence-corrected chi connectivity index (χ2v) is 11.3. The number of carbonyl (C=O) groups excluding carboxylic acids is 3. The number of amides is 3. The summed E-state index contributed by atoms with van der Waals surface area (Å²) in [5, 5.41) is 19.1. The van der Waals surface area contributed by atoms with E-state index >= 15 is 0 Å². The molecule has 1 unspecified atom stereocenters. The van der Waals surface area contributed by atoms with E-state index in [0.29, 0.717) is 16.9 Å². The van der Waals surface area contributed by atoms with Crippen molar-refractivity contribution in [3.05, 3.63) is 172 Å². The number of hydrogen-bond donors (Lipinski definition) is 3. The van der Waals surface area contributed by atoms with Crippen LogP contribution in [-0.4, -0.2) is 22.6 Å². The van der Waals surface area contributed by atoms with Gasteiger partial charge in [0.15, 0.2) is 0 Å². The molecule has 234 valence electrons. The van der Waals surface area contributed by atoms with Gasteiger partial charge in [0, 0.05) is 27.9 Å². The third-order valence-corrected chi connectivity index (χ3v) is 8.05. The van der Waals surface area contributed by atoms with Gasteiger partial charge >= 0.3 is 0 Å². The van der Waals surface area contributed by atoms with Crippen molar-refractivity contribution in [2.75, 3.05) is 10.6 Å². The molecule has 3 amide bonds. The molecular formula is C36H27FN4O5S. The lowest BCUT2D eigenvalue weighted by molar-refractivity contribution is -0.385. The SMILES string of the molecule is O=C(Nc1ccc(SC(C(=O)Nc2ccc(F)cc2)c2ccccc2)cc1)/C(=C/c1ccccc1[N+](=O)[O-])NC(=O)c1ccccc1. The fourth-order valence-corrected chi connectivity index (χ4v) is 5.49. The summed E-state index contributed by atoms with van der Waals surface area (Å²) in [5.74, 6) is -1.98. The lowest BCUT2D eigenvalue weighted by Gasteiger charge is -2.17. The van der Waals surface area contributed by atoms with Gasteiger partial charge in [0.25, 0.3) is 17.5 Å². The summed E-state index contributed by atoms with van der Waals surface area (Å²) in [5.41, 5.74) is 1.60. The van der Waals surface area contributed by atoms with E-state index in [9.17, 15) is 28.9 Å². The number of nitro groups is 1. The Morgan fingerprint density at radius 2 is 1.30 bits per heavy atom. The first-order valence-corrected chi connectivity index (χ1v) is 15.2. The molecule has 0 heterocycles. The predicted octanol–water partition coefficient (Wildman–Crippen LogP) is 7.62. The quantitative estimate of drug-likeness (QED) is 0.0586. The van der Waals surface area contributed by atoms with Crippen molar-refractivity contribution in [1.29, 1.82) is 0 Å². The molecule has 9 nitrogen and oxygen atoms in total. The highest BCUT2D eigenvalue weighted by atomic mass is 32.2. The number of nitrogens with zero attached hydrogens (tertiary/aromatic N) is 1. The van der Waals surface area contributed by atoms with Gasteiger partial charge < -0.3 is 16.0 Å². The fourth-order valence-electron chi connectivity index (χ4n) is 4.47. The summed E-state index contributed by atoms with van der Waals surface area (Å²) >= 11 is 1.29. The molecule has 0 spiro atoms. The summed E-state index contributed by atoms with van der Waals surface area (Å²) in [6.45, 7) is 0. The number of rotatable bonds is 11. The average Bonchev–Trinajstić information content (AvgIpc) is 3.09. The molecule has 0 fully saturated rings. The number of halogens is 1. The summed E-state index contributed by atoms with van der Waals surface area (Å²) in [7, 11) is 0. The van der Waals surface area contributed by atoms with Crippen LogP contribution in [0.15, 0.2) is 144 Å². The Hall–Kier alpha value is -6.07. The number of anilines is 2. The highest BCUT2D eigenvalue weighted by molar-refractivity contribution is 8.00. The largest absolute Gasteiger partial charge is 0.325 e. The van der Waals surface area contributed by atoms with Crippen molar-refractivity contribution in [3.8, 4) is 0 Å². The topological polar surface area (TPSA) is 130 Å². The number of carbonyl (C=O) groups is 3. The lowest BCUT2D eigenvalue weighted by atomic mass is 10.1. The van der Waals surface area contributed by atoms with E-state index in [0.717, 1.165) is 10.5 Å². The van der Waals surface area contributed by atoms with E-state index < -0.39 is 27.8 Å². The Labute approximate surface area is 273 Å². The highest BCUT2D eigenvalue weighted by Gasteiger charge is 2.23. The van der Waals surface area contributed by atoms with E-state index in [1.165, 1.54) is 60.3 Å². The molecule has 47 heavy (non-hydrogen) atoms. The molecule has 11 heteroatoms. The third-order valence-electron chi connectivity index (χ3n) is 6.78. The number of nitro benzene ring substituents is 1. The van der Waals surface area contributed by atoms with E-state index in [1.807, 2.05) is 30.3 Å². The molecule has 0 radical (unpaired) electrons. The van der Waals surface area contributed by atoms with Gasteiger partial charge in [-0.05, 0) is 78.4 Å². The standard InChI is InChI=1S/C36H27FN4O5S/c37-27-15-17-28(18-16-27)39-36(44)33(24-9-3-1-4-10-24)47-30-21-19-29(20-22-30)38-35(43)31(40-34(42)25-11-5-2-6-12-25)23-26-13-7-8-14-32(26)41(45)46/h1-23,33H,(H,38,43)(H,39,44)(H,40,42)/b31-23-. The maximum Gasteiger partial charge on any atom is 0.276 e. The monoisotopic (exact) mass is 646 g/mol. The number of para-hydroxylation sites is 1. The van der Waals surface area contributed by atoms with Gasteiger partial charge in [-0.15, -0.1) is 11.8 Å². The average molecular weight is 647 g/mol. The Bertz CT molecular complexity index is 1920. The third kappa shape index (κ3) is 8.77. The van der Waals surface area contributed by atoms with Crippen LogP contribution in [0.1, 0.15) is 26.7 Å². The van der Waals surface area contributed by atoms with Crippen LogP contribution >= 0.6 is 11.8 Å². The van der Waals surface area contributed by atoms with Gasteiger partial charge in [0.2, 0.25) is 5.91 Å². The van der Waals surface area contributed by atoms with Crippen molar-refractivity contribution >= 4 is 52.6 Å². The van der Waals surface area contributed by atoms with E-state index in [-0.39, 0.29) is 22.9 Å². The second-order valence-electron chi connectivity index (χ2n) is 10.1. The maximum absolute atomic E-state index is 13.5. The molecule has 5 aromatic rings. The summed E-state index contributed by atoms with van der Waals surface area (Å²) in [6, 6.07) is 35.6. The van der Waals surface area contributed by atoms with Crippen LogP contribution in [-0.2, 0) is 9.59 Å². The van der Waals surface area contributed by atoms with Crippen LogP contribution in [0, 0.1) is 15.9 Å². The van der Waals surface area contributed by atoms with Gasteiger partial charge in [0.05, 0.1) is 10.5 Å². The zero-order valence-corrected chi connectivity index (χ0v) is 25.4. The minimum Gasteiger partial charge on any atom is -0.325 e. The summed E-state index contributed by atoms with van der Waals surface area (Å²) in [6.07, 6.45) is 1.25. The smallest absolute Gasteiger partial charge is 0.276 e. The van der Waals surface area contributed by atoms with Crippen molar-refractivity contribution in [2.45, 2.75) is 10.1 Å². The van der Waals surface area contributed by atoms with Crippen molar-refractivity contribution < 1.29 is 23.7 Å². The first-order chi connectivity index (χ1) is 22.8. The van der Waals surface area contributed by atoms with Gasteiger partial charge in [-0.1, -0.05) is 60.7 Å². The van der Waals surface area contributed by atoms with Crippen molar-refractivity contribution in [1.82, 2.24) is 5.32 Å². The molecule has 0 aliphatic heterocycles. The predicted molar refractivity (Wildman–Crippen MR) is 180 cm³/mol. The van der Waals surface area contributed by atoms with E-state index in [4.69, 9.17) is 0 Å². The molecule has 5 rings (SSSR count). The van der Waals surface area contributed by atoms with Gasteiger partial charge in [-0.2, -0.15) is 0 Å². The summed E-state index contributed by atoms with van der Waals surface area (Å²) < 4.78 is 13.4. The van der Waals surface area contributed by atoms with Crippen molar-refractivity contribution in [3.63, 3.8) is 0 Å². The molecule has 1 atom stereocenters. The number of nitrogens with one attached hydrogen (secondary N) is 3. The minimum absolute atomic E-state index is 0.133. The minimum atomic E-state index is -0.700. The zero-order chi connectivity index (χ0) is 33.2. The van der Waals surface area contributed by atoms with Crippen molar-refractivity contribution in [2.24, 2.45) is 0 Å². The Balaban J connectivity index is 1.35. The van der Waals surface area contributed by atoms with Crippen LogP contribution in [0.2, 0.25) is 0 Å². The molecule has 0 aromatic heterocycles. The lowest BCUT2D eigenvalue weighted by Crippen LogP contribution is -2.30. The van der Waals surface area contributed by atoms with Crippen LogP contribution in [0.4, 0.5) is 21.5 Å². The number of thioether (sulfide) groups is 1. The zero-order valence-electron chi connectivity index (χ0n) is 24.6. The van der Waals surface area contributed by atoms with Crippen LogP contribution < -0.4 is 16.0 Å². The van der Waals surface area contributed by atoms with Gasteiger partial charge in [-0.3, -0.25) is 24.5 Å². The highest BCUT2D eigenvalue weighted by Crippen LogP contribution is 2.37. The first-order valence-electron chi connectivity index (χ1n) is 14.3. The second kappa shape index (κ2) is 15.3. The Kier molecular flexibility index (Phi) is 10.5. The Morgan fingerprint density at radius 1 is 0.723 bits per heavy atom.